The van der Waals surface area contributed by atoms with Gasteiger partial charge in [-0.2, -0.15) is 0 Å². The van der Waals surface area contributed by atoms with Gasteiger partial charge < -0.3 is 5.11 Å². The second-order valence-electron chi connectivity index (χ2n) is 5.03. The van der Waals surface area contributed by atoms with Crippen molar-refractivity contribution in [3.8, 4) is 5.75 Å². The Labute approximate surface area is 110 Å². The molecule has 0 fully saturated rings. The summed E-state index contributed by atoms with van der Waals surface area (Å²) in [4.78, 5) is 11.4. The molecule has 1 N–H and O–H groups in total. The van der Waals surface area contributed by atoms with E-state index in [2.05, 4.69) is 6.92 Å². The summed E-state index contributed by atoms with van der Waals surface area (Å²) in [6.45, 7) is 8.14. The van der Waals surface area contributed by atoms with Crippen LogP contribution in [0.3, 0.4) is 0 Å². The van der Waals surface area contributed by atoms with Gasteiger partial charge in [-0.3, -0.25) is 4.79 Å². The Kier molecular flexibility index (Phi) is 5.39. The first kappa shape index (κ1) is 14.7. The molecule has 0 amide bonds. The molecule has 1 rings (SSSR count). The van der Waals surface area contributed by atoms with Crippen LogP contribution in [0.25, 0.3) is 0 Å². The quantitative estimate of drug-likeness (QED) is 0.816. The number of carbonyl (C=O) groups excluding carboxylic acids is 1. The van der Waals surface area contributed by atoms with Gasteiger partial charge in [0.25, 0.3) is 0 Å². The number of Topliss-reactive ketones (excluding diaryl/α,β-unsaturated/α-hetero) is 1. The summed E-state index contributed by atoms with van der Waals surface area (Å²) in [5.74, 6) is 1.08. The van der Waals surface area contributed by atoms with E-state index in [4.69, 9.17) is 0 Å². The second-order valence-corrected chi connectivity index (χ2v) is 5.03. The molecule has 0 aromatic heterocycles. The Hall–Kier alpha value is -1.31. The van der Waals surface area contributed by atoms with Crippen LogP contribution in [0.5, 0.6) is 5.75 Å². The number of phenols is 1. The first-order valence-electron chi connectivity index (χ1n) is 6.81. The molecule has 1 atom stereocenters. The lowest BCUT2D eigenvalue weighted by Gasteiger charge is -2.20. The van der Waals surface area contributed by atoms with E-state index in [1.54, 1.807) is 0 Å². The van der Waals surface area contributed by atoms with E-state index < -0.39 is 0 Å². The Morgan fingerprint density at radius 3 is 2.22 bits per heavy atom. The number of aromatic hydroxyl groups is 1. The van der Waals surface area contributed by atoms with Crippen molar-refractivity contribution in [2.45, 2.75) is 59.3 Å². The van der Waals surface area contributed by atoms with Crippen molar-refractivity contribution in [1.29, 1.82) is 0 Å². The topological polar surface area (TPSA) is 37.3 Å². The van der Waals surface area contributed by atoms with Gasteiger partial charge in [-0.05, 0) is 61.4 Å². The van der Waals surface area contributed by atoms with Crippen LogP contribution in [0.2, 0.25) is 0 Å². The van der Waals surface area contributed by atoms with Crippen molar-refractivity contribution in [3.05, 3.63) is 28.8 Å². The number of phenolic OH excluding ortho intramolecular Hbond substituents is 1. The summed E-state index contributed by atoms with van der Waals surface area (Å²) in [5, 5.41) is 9.57. The maximum atomic E-state index is 11.4. The molecule has 0 spiro atoms. The number of aryl methyl sites for hydroxylation is 2. The highest BCUT2D eigenvalue weighted by molar-refractivity contribution is 5.78. The molecule has 0 radical (unpaired) electrons. The Morgan fingerprint density at radius 1 is 1.22 bits per heavy atom. The van der Waals surface area contributed by atoms with Crippen molar-refractivity contribution in [3.63, 3.8) is 0 Å². The first-order valence-corrected chi connectivity index (χ1v) is 6.81. The average Bonchev–Trinajstić information content (AvgIpc) is 2.31. The fraction of sp³-hybridized carbons (Fsp3) is 0.562. The lowest BCUT2D eigenvalue weighted by molar-refractivity contribution is -0.118. The molecule has 0 bridgehead atoms. The van der Waals surface area contributed by atoms with Crippen LogP contribution >= 0.6 is 0 Å². The van der Waals surface area contributed by atoms with Gasteiger partial charge >= 0.3 is 0 Å². The minimum Gasteiger partial charge on any atom is -0.508 e. The molecule has 1 aromatic rings. The van der Waals surface area contributed by atoms with Crippen molar-refractivity contribution >= 4 is 5.78 Å². The van der Waals surface area contributed by atoms with Crippen LogP contribution in [0.15, 0.2) is 12.1 Å². The number of ketones is 1. The number of hydrogen-bond acceptors (Lipinski definition) is 2. The predicted octanol–water partition coefficient (Wildman–Crippen LogP) is 4.26. The van der Waals surface area contributed by atoms with Gasteiger partial charge in [-0.1, -0.05) is 13.8 Å². The van der Waals surface area contributed by atoms with Crippen LogP contribution in [0, 0.1) is 13.8 Å². The molecular weight excluding hydrogens is 224 g/mol. The zero-order valence-electron chi connectivity index (χ0n) is 11.9. The van der Waals surface area contributed by atoms with Gasteiger partial charge in [0, 0.05) is 12.8 Å². The SMILES string of the molecule is CCC(=O)CCC(CC)c1c(C)cc(O)cc1C. The van der Waals surface area contributed by atoms with Crippen LogP contribution in [-0.2, 0) is 4.79 Å². The highest BCUT2D eigenvalue weighted by Gasteiger charge is 2.16. The summed E-state index contributed by atoms with van der Waals surface area (Å²) < 4.78 is 0. The number of rotatable bonds is 6. The Bertz CT molecular complexity index is 398. The third-order valence-electron chi connectivity index (χ3n) is 3.65. The summed E-state index contributed by atoms with van der Waals surface area (Å²) in [6, 6.07) is 3.62. The van der Waals surface area contributed by atoms with Crippen LogP contribution < -0.4 is 0 Å². The summed E-state index contributed by atoms with van der Waals surface area (Å²) >= 11 is 0. The number of benzene rings is 1. The molecule has 0 saturated carbocycles. The minimum absolute atomic E-state index is 0.327. The molecule has 0 aliphatic carbocycles. The van der Waals surface area contributed by atoms with Gasteiger partial charge in [0.2, 0.25) is 0 Å². The van der Waals surface area contributed by atoms with E-state index in [-0.39, 0.29) is 0 Å². The van der Waals surface area contributed by atoms with E-state index in [0.717, 1.165) is 24.0 Å². The molecule has 2 heteroatoms. The van der Waals surface area contributed by atoms with E-state index in [9.17, 15) is 9.90 Å². The first-order chi connectivity index (χ1) is 8.49. The van der Waals surface area contributed by atoms with Gasteiger partial charge in [0.15, 0.2) is 0 Å². The largest absolute Gasteiger partial charge is 0.508 e. The average molecular weight is 248 g/mol. The number of hydrogen-bond donors (Lipinski definition) is 1. The van der Waals surface area contributed by atoms with Crippen molar-refractivity contribution in [2.75, 3.05) is 0 Å². The van der Waals surface area contributed by atoms with E-state index in [1.807, 2.05) is 32.9 Å². The maximum Gasteiger partial charge on any atom is 0.132 e. The highest BCUT2D eigenvalue weighted by atomic mass is 16.3. The zero-order chi connectivity index (χ0) is 13.7. The minimum atomic E-state index is 0.327. The van der Waals surface area contributed by atoms with E-state index >= 15 is 0 Å². The van der Waals surface area contributed by atoms with Crippen molar-refractivity contribution in [1.82, 2.24) is 0 Å². The third-order valence-corrected chi connectivity index (χ3v) is 3.65. The fourth-order valence-corrected chi connectivity index (χ4v) is 2.66. The maximum absolute atomic E-state index is 11.4. The van der Waals surface area contributed by atoms with Crippen molar-refractivity contribution in [2.24, 2.45) is 0 Å². The number of carbonyl (C=O) groups is 1. The Balaban J connectivity index is 2.91. The summed E-state index contributed by atoms with van der Waals surface area (Å²) in [5.41, 5.74) is 3.56. The van der Waals surface area contributed by atoms with E-state index in [0.29, 0.717) is 30.3 Å². The predicted molar refractivity (Wildman–Crippen MR) is 75.1 cm³/mol. The van der Waals surface area contributed by atoms with Gasteiger partial charge in [0.1, 0.15) is 11.5 Å². The standard InChI is InChI=1S/C16H24O2/c1-5-13(7-8-14(17)6-2)16-11(3)9-15(18)10-12(16)4/h9-10,13,18H,5-8H2,1-4H3. The lowest BCUT2D eigenvalue weighted by Crippen LogP contribution is -2.06. The smallest absolute Gasteiger partial charge is 0.132 e. The molecule has 18 heavy (non-hydrogen) atoms. The highest BCUT2D eigenvalue weighted by Crippen LogP contribution is 2.32. The zero-order valence-corrected chi connectivity index (χ0v) is 11.9. The monoisotopic (exact) mass is 248 g/mol. The molecule has 0 saturated heterocycles. The van der Waals surface area contributed by atoms with Gasteiger partial charge in [-0.15, -0.1) is 0 Å². The molecule has 1 aromatic carbocycles. The fourth-order valence-electron chi connectivity index (χ4n) is 2.66. The molecule has 1 unspecified atom stereocenters. The molecular formula is C16H24O2. The molecule has 100 valence electrons. The van der Waals surface area contributed by atoms with E-state index in [1.165, 1.54) is 5.56 Å². The molecule has 2 nitrogen and oxygen atoms in total. The summed E-state index contributed by atoms with van der Waals surface area (Å²) in [6.07, 6.45) is 3.23. The van der Waals surface area contributed by atoms with Gasteiger partial charge in [-0.25, -0.2) is 0 Å². The van der Waals surface area contributed by atoms with Crippen LogP contribution in [0.1, 0.15) is 62.1 Å². The summed E-state index contributed by atoms with van der Waals surface area (Å²) in [7, 11) is 0. The Morgan fingerprint density at radius 2 is 1.78 bits per heavy atom. The third kappa shape index (κ3) is 3.59. The molecule has 0 aliphatic heterocycles. The molecule has 0 heterocycles. The van der Waals surface area contributed by atoms with Crippen LogP contribution in [0.4, 0.5) is 0 Å². The van der Waals surface area contributed by atoms with Gasteiger partial charge in [0.05, 0.1) is 0 Å². The normalized spacial score (nSPS) is 12.4. The molecule has 0 aliphatic rings. The van der Waals surface area contributed by atoms with Crippen LogP contribution in [-0.4, -0.2) is 10.9 Å². The second kappa shape index (κ2) is 6.58. The lowest BCUT2D eigenvalue weighted by atomic mass is 9.85. The van der Waals surface area contributed by atoms with Crippen molar-refractivity contribution < 1.29 is 9.90 Å².